The average molecular weight is 473 g/mol. The molecule has 0 bridgehead atoms. The summed E-state index contributed by atoms with van der Waals surface area (Å²) in [5.41, 5.74) is 2.11. The molecular weight excluding hydrogens is 444 g/mol. The number of rotatable bonds is 5. The lowest BCUT2D eigenvalue weighted by Crippen LogP contribution is -2.47. The van der Waals surface area contributed by atoms with E-state index in [1.165, 1.54) is 5.56 Å². The number of halogens is 1. The molecule has 0 aromatic heterocycles. The van der Waals surface area contributed by atoms with Crippen LogP contribution in [-0.4, -0.2) is 51.2 Å². The Labute approximate surface area is 186 Å². The summed E-state index contributed by atoms with van der Waals surface area (Å²) in [7, 11) is 5.55. The molecule has 2 aliphatic rings. The van der Waals surface area contributed by atoms with Crippen LogP contribution in [0.5, 0.6) is 11.5 Å². The summed E-state index contributed by atoms with van der Waals surface area (Å²) >= 11 is 3.42. The summed E-state index contributed by atoms with van der Waals surface area (Å²) in [4.78, 5) is 15.1. The molecule has 1 N–H and O–H groups in total. The van der Waals surface area contributed by atoms with Crippen molar-refractivity contribution in [2.75, 3.05) is 34.4 Å². The summed E-state index contributed by atoms with van der Waals surface area (Å²) in [5.74, 6) is 2.04. The van der Waals surface area contributed by atoms with Crippen LogP contribution in [0.25, 0.3) is 0 Å². The minimum Gasteiger partial charge on any atom is -0.493 e. The van der Waals surface area contributed by atoms with Gasteiger partial charge < -0.3 is 19.7 Å². The number of methoxy groups -OCH3 is 2. The highest BCUT2D eigenvalue weighted by atomic mass is 79.9. The molecule has 0 radical (unpaired) electrons. The van der Waals surface area contributed by atoms with E-state index in [1.807, 2.05) is 30.3 Å². The first-order valence-corrected chi connectivity index (χ1v) is 11.2. The molecule has 1 amide bonds. The molecule has 0 spiro atoms. The summed E-state index contributed by atoms with van der Waals surface area (Å²) < 4.78 is 12.0. The van der Waals surface area contributed by atoms with Crippen LogP contribution in [0.4, 0.5) is 0 Å². The van der Waals surface area contributed by atoms with Crippen LogP contribution in [-0.2, 0) is 5.41 Å². The van der Waals surface area contributed by atoms with E-state index in [1.54, 1.807) is 14.2 Å². The Morgan fingerprint density at radius 3 is 2.57 bits per heavy atom. The van der Waals surface area contributed by atoms with Gasteiger partial charge in [0.15, 0.2) is 11.5 Å². The molecular formula is C24H29BrN2O3. The van der Waals surface area contributed by atoms with E-state index in [0.717, 1.165) is 48.3 Å². The number of ether oxygens (including phenoxy) is 2. The van der Waals surface area contributed by atoms with Gasteiger partial charge >= 0.3 is 0 Å². The molecule has 3 atom stereocenters. The highest BCUT2D eigenvalue weighted by molar-refractivity contribution is 9.10. The molecule has 1 heterocycles. The number of fused-ring (bicyclic) bond motifs is 1. The second-order valence-corrected chi connectivity index (χ2v) is 9.49. The molecule has 6 heteroatoms. The molecule has 2 aromatic carbocycles. The SMILES string of the molecule is COc1ccc(C23CCC(NC(=O)c4ccc(Br)cc4)CC2CN(C)C3)cc1OC. The lowest BCUT2D eigenvalue weighted by molar-refractivity contribution is 0.0904. The fraction of sp³-hybridized carbons (Fsp3) is 0.458. The zero-order valence-electron chi connectivity index (χ0n) is 17.8. The number of likely N-dealkylation sites (tertiary alicyclic amines) is 1. The van der Waals surface area contributed by atoms with Crippen molar-refractivity contribution in [3.05, 3.63) is 58.1 Å². The Balaban J connectivity index is 1.53. The van der Waals surface area contributed by atoms with Crippen LogP contribution >= 0.6 is 15.9 Å². The van der Waals surface area contributed by atoms with Crippen LogP contribution < -0.4 is 14.8 Å². The largest absolute Gasteiger partial charge is 0.493 e. The third kappa shape index (κ3) is 3.95. The molecule has 1 saturated heterocycles. The Kier molecular flexibility index (Phi) is 6.07. The van der Waals surface area contributed by atoms with Crippen LogP contribution in [0.15, 0.2) is 46.9 Å². The number of nitrogens with one attached hydrogen (secondary N) is 1. The maximum Gasteiger partial charge on any atom is 0.251 e. The second kappa shape index (κ2) is 8.60. The van der Waals surface area contributed by atoms with E-state index >= 15 is 0 Å². The van der Waals surface area contributed by atoms with Crippen LogP contribution in [0, 0.1) is 5.92 Å². The molecule has 2 aromatic rings. The predicted molar refractivity (Wildman–Crippen MR) is 121 cm³/mol. The van der Waals surface area contributed by atoms with E-state index in [4.69, 9.17) is 9.47 Å². The van der Waals surface area contributed by atoms with Gasteiger partial charge in [-0.25, -0.2) is 0 Å². The lowest BCUT2D eigenvalue weighted by atomic mass is 9.63. The summed E-state index contributed by atoms with van der Waals surface area (Å²) in [5, 5.41) is 3.27. The molecule has 4 rings (SSSR count). The minimum absolute atomic E-state index is 0.0115. The molecule has 3 unspecified atom stereocenters. The minimum atomic E-state index is 0.0115. The van der Waals surface area contributed by atoms with E-state index in [2.05, 4.69) is 45.3 Å². The maximum absolute atomic E-state index is 12.7. The van der Waals surface area contributed by atoms with E-state index in [-0.39, 0.29) is 17.4 Å². The van der Waals surface area contributed by atoms with Gasteiger partial charge in [-0.05, 0) is 74.2 Å². The first-order valence-electron chi connectivity index (χ1n) is 10.4. The monoisotopic (exact) mass is 472 g/mol. The number of likely N-dealkylation sites (N-methyl/N-ethyl adjacent to an activating group) is 1. The summed E-state index contributed by atoms with van der Waals surface area (Å²) in [6.45, 7) is 2.07. The Hall–Kier alpha value is -2.05. The van der Waals surface area contributed by atoms with Crippen molar-refractivity contribution in [2.24, 2.45) is 5.92 Å². The van der Waals surface area contributed by atoms with Gasteiger partial charge in [-0.1, -0.05) is 22.0 Å². The maximum atomic E-state index is 12.7. The standard InChI is InChI=1S/C24H29BrN2O3/c1-27-14-18-12-20(26-23(28)16-4-7-19(25)8-5-16)10-11-24(18,15-27)17-6-9-21(29-2)22(13-17)30-3/h4-9,13,18,20H,10-12,14-15H2,1-3H3,(H,26,28). The number of carbonyl (C=O) groups is 1. The number of carbonyl (C=O) groups excluding carboxylic acids is 1. The fourth-order valence-corrected chi connectivity index (χ4v) is 5.59. The Morgan fingerprint density at radius 1 is 1.13 bits per heavy atom. The summed E-state index contributed by atoms with van der Waals surface area (Å²) in [6, 6.07) is 14.1. The van der Waals surface area contributed by atoms with Crippen molar-refractivity contribution in [3.8, 4) is 11.5 Å². The molecule has 160 valence electrons. The fourth-order valence-electron chi connectivity index (χ4n) is 5.32. The smallest absolute Gasteiger partial charge is 0.251 e. The third-order valence-electron chi connectivity index (χ3n) is 6.77. The van der Waals surface area contributed by atoms with Gasteiger partial charge in [0, 0.05) is 34.6 Å². The second-order valence-electron chi connectivity index (χ2n) is 8.57. The van der Waals surface area contributed by atoms with Gasteiger partial charge in [0.25, 0.3) is 5.91 Å². The number of nitrogens with zero attached hydrogens (tertiary/aromatic N) is 1. The lowest BCUT2D eigenvalue weighted by Gasteiger charge is -2.43. The van der Waals surface area contributed by atoms with Gasteiger partial charge in [0.2, 0.25) is 0 Å². The van der Waals surface area contributed by atoms with E-state index < -0.39 is 0 Å². The zero-order chi connectivity index (χ0) is 21.3. The van der Waals surface area contributed by atoms with Gasteiger partial charge in [-0.15, -0.1) is 0 Å². The first-order chi connectivity index (χ1) is 14.4. The van der Waals surface area contributed by atoms with Crippen molar-refractivity contribution >= 4 is 21.8 Å². The normalized spacial score (nSPS) is 26.1. The van der Waals surface area contributed by atoms with Crippen molar-refractivity contribution in [2.45, 2.75) is 30.7 Å². The van der Waals surface area contributed by atoms with Crippen molar-refractivity contribution < 1.29 is 14.3 Å². The number of hydrogen-bond acceptors (Lipinski definition) is 4. The molecule has 1 aliphatic heterocycles. The first kappa shape index (κ1) is 21.2. The quantitative estimate of drug-likeness (QED) is 0.706. The van der Waals surface area contributed by atoms with E-state index in [0.29, 0.717) is 11.5 Å². The number of amides is 1. The van der Waals surface area contributed by atoms with Crippen molar-refractivity contribution in [3.63, 3.8) is 0 Å². The van der Waals surface area contributed by atoms with Crippen LogP contribution in [0.2, 0.25) is 0 Å². The highest BCUT2D eigenvalue weighted by Crippen LogP contribution is 2.49. The Morgan fingerprint density at radius 2 is 1.87 bits per heavy atom. The molecule has 1 aliphatic carbocycles. The third-order valence-corrected chi connectivity index (χ3v) is 7.30. The van der Waals surface area contributed by atoms with Crippen molar-refractivity contribution in [1.29, 1.82) is 0 Å². The van der Waals surface area contributed by atoms with Gasteiger partial charge in [0.05, 0.1) is 14.2 Å². The predicted octanol–water partition coefficient (Wildman–Crippen LogP) is 4.25. The number of benzene rings is 2. The highest BCUT2D eigenvalue weighted by Gasteiger charge is 2.50. The van der Waals surface area contributed by atoms with Gasteiger partial charge in [-0.2, -0.15) is 0 Å². The van der Waals surface area contributed by atoms with Gasteiger partial charge in [-0.3, -0.25) is 4.79 Å². The molecule has 2 fully saturated rings. The van der Waals surface area contributed by atoms with Crippen LogP contribution in [0.1, 0.15) is 35.2 Å². The Bertz CT molecular complexity index is 917. The van der Waals surface area contributed by atoms with Crippen molar-refractivity contribution in [1.82, 2.24) is 10.2 Å². The molecule has 30 heavy (non-hydrogen) atoms. The molecule has 1 saturated carbocycles. The topological polar surface area (TPSA) is 50.8 Å². The summed E-state index contributed by atoms with van der Waals surface area (Å²) in [6.07, 6.45) is 3.00. The average Bonchev–Trinajstić information content (AvgIpc) is 3.09. The molecule has 5 nitrogen and oxygen atoms in total. The van der Waals surface area contributed by atoms with Crippen LogP contribution in [0.3, 0.4) is 0 Å². The van der Waals surface area contributed by atoms with Gasteiger partial charge in [0.1, 0.15) is 0 Å². The van der Waals surface area contributed by atoms with E-state index in [9.17, 15) is 4.79 Å². The number of hydrogen-bond donors (Lipinski definition) is 1. The zero-order valence-corrected chi connectivity index (χ0v) is 19.4.